The fourth-order valence-corrected chi connectivity index (χ4v) is 3.46. The maximum atomic E-state index is 13.5. The standard InChI is InChI=1S/C26H29NO3/c1-19(27(2)3)25(22-15-17-23(29-4)18-16-22)30-26(28)24(20-11-7-5-8-12-20)21-13-9-6-10-14-21/h5-19,24-25H,1-4H3/t19-,25-/m0/s1. The molecule has 3 aromatic rings. The van der Waals surface area contributed by atoms with Crippen LogP contribution < -0.4 is 4.74 Å². The minimum absolute atomic E-state index is 0.00505. The van der Waals surface area contributed by atoms with Gasteiger partial charge >= 0.3 is 5.97 Å². The van der Waals surface area contributed by atoms with Crippen molar-refractivity contribution in [3.05, 3.63) is 102 Å². The van der Waals surface area contributed by atoms with Crippen LogP contribution in [0.25, 0.3) is 0 Å². The first-order chi connectivity index (χ1) is 14.5. The fraction of sp³-hybridized carbons (Fsp3) is 0.269. The molecule has 0 aromatic heterocycles. The molecule has 30 heavy (non-hydrogen) atoms. The topological polar surface area (TPSA) is 38.8 Å². The minimum Gasteiger partial charge on any atom is -0.497 e. The van der Waals surface area contributed by atoms with Gasteiger partial charge in [0.15, 0.2) is 0 Å². The normalized spacial score (nSPS) is 13.1. The average Bonchev–Trinajstić information content (AvgIpc) is 2.78. The summed E-state index contributed by atoms with van der Waals surface area (Å²) in [5.74, 6) is 0.0252. The van der Waals surface area contributed by atoms with Gasteiger partial charge in [-0.25, -0.2) is 0 Å². The van der Waals surface area contributed by atoms with Crippen LogP contribution >= 0.6 is 0 Å². The van der Waals surface area contributed by atoms with Crippen LogP contribution in [0.3, 0.4) is 0 Å². The summed E-state index contributed by atoms with van der Waals surface area (Å²) in [5.41, 5.74) is 2.77. The second-order valence-corrected chi connectivity index (χ2v) is 7.59. The SMILES string of the molecule is COc1ccc([C@@H](OC(=O)C(c2ccccc2)c2ccccc2)[C@H](C)N(C)C)cc1. The molecule has 4 nitrogen and oxygen atoms in total. The number of ether oxygens (including phenoxy) is 2. The van der Waals surface area contributed by atoms with E-state index in [1.807, 2.05) is 99.0 Å². The Bertz CT molecular complexity index is 884. The molecule has 0 radical (unpaired) electrons. The number of nitrogens with zero attached hydrogens (tertiary/aromatic N) is 1. The number of carbonyl (C=O) groups is 1. The van der Waals surface area contributed by atoms with Gasteiger partial charge in [0, 0.05) is 6.04 Å². The molecular formula is C26H29NO3. The van der Waals surface area contributed by atoms with E-state index in [1.54, 1.807) is 7.11 Å². The monoisotopic (exact) mass is 403 g/mol. The number of hydrogen-bond donors (Lipinski definition) is 0. The van der Waals surface area contributed by atoms with Crippen LogP contribution in [0.2, 0.25) is 0 Å². The largest absolute Gasteiger partial charge is 0.497 e. The quantitative estimate of drug-likeness (QED) is 0.493. The van der Waals surface area contributed by atoms with E-state index in [9.17, 15) is 4.79 Å². The van der Waals surface area contributed by atoms with Gasteiger partial charge in [0.2, 0.25) is 0 Å². The number of esters is 1. The molecule has 0 N–H and O–H groups in total. The lowest BCUT2D eigenvalue weighted by molar-refractivity contribution is -0.153. The van der Waals surface area contributed by atoms with Gasteiger partial charge < -0.3 is 14.4 Å². The van der Waals surface area contributed by atoms with Crippen LogP contribution in [0, 0.1) is 0 Å². The van der Waals surface area contributed by atoms with Crippen molar-refractivity contribution in [2.45, 2.75) is 25.0 Å². The molecule has 156 valence electrons. The highest BCUT2D eigenvalue weighted by atomic mass is 16.5. The summed E-state index contributed by atoms with van der Waals surface area (Å²) in [6.45, 7) is 2.06. The van der Waals surface area contributed by atoms with Gasteiger partial charge in [-0.15, -0.1) is 0 Å². The Labute approximate surface area is 179 Å². The molecule has 0 unspecified atom stereocenters. The second-order valence-electron chi connectivity index (χ2n) is 7.59. The highest BCUT2D eigenvalue weighted by Gasteiger charge is 2.31. The molecule has 0 heterocycles. The first kappa shape index (κ1) is 21.6. The lowest BCUT2D eigenvalue weighted by atomic mass is 9.91. The molecule has 0 aliphatic carbocycles. The molecule has 0 amide bonds. The highest BCUT2D eigenvalue weighted by molar-refractivity contribution is 5.82. The van der Waals surface area contributed by atoms with Crippen molar-refractivity contribution in [2.75, 3.05) is 21.2 Å². The van der Waals surface area contributed by atoms with E-state index in [4.69, 9.17) is 9.47 Å². The summed E-state index contributed by atoms with van der Waals surface area (Å²) in [6.07, 6.45) is -0.409. The van der Waals surface area contributed by atoms with Crippen LogP contribution in [-0.4, -0.2) is 38.1 Å². The minimum atomic E-state index is -0.484. The van der Waals surface area contributed by atoms with Gasteiger partial charge in [0.05, 0.1) is 7.11 Å². The van der Waals surface area contributed by atoms with E-state index >= 15 is 0 Å². The Morgan fingerprint density at radius 2 is 1.27 bits per heavy atom. The van der Waals surface area contributed by atoms with E-state index in [0.717, 1.165) is 22.4 Å². The third kappa shape index (κ3) is 5.08. The molecule has 0 aliphatic rings. The Hall–Kier alpha value is -3.11. The summed E-state index contributed by atoms with van der Waals surface area (Å²) in [4.78, 5) is 15.6. The molecule has 0 saturated carbocycles. The van der Waals surface area contributed by atoms with Gasteiger partial charge in [0.25, 0.3) is 0 Å². The summed E-state index contributed by atoms with van der Waals surface area (Å²) in [6, 6.07) is 27.3. The van der Waals surface area contributed by atoms with Crippen LogP contribution in [0.4, 0.5) is 0 Å². The Balaban J connectivity index is 1.95. The van der Waals surface area contributed by atoms with Gasteiger partial charge in [0.1, 0.15) is 17.8 Å². The predicted octanol–water partition coefficient (Wildman–Crippen LogP) is 5.06. The zero-order valence-electron chi connectivity index (χ0n) is 18.0. The van der Waals surface area contributed by atoms with Gasteiger partial charge in [-0.05, 0) is 49.8 Å². The van der Waals surface area contributed by atoms with E-state index < -0.39 is 12.0 Å². The van der Waals surface area contributed by atoms with Gasteiger partial charge in [-0.3, -0.25) is 4.79 Å². The molecule has 3 rings (SSSR count). The Kier molecular flexibility index (Phi) is 7.26. The third-order valence-electron chi connectivity index (χ3n) is 5.44. The van der Waals surface area contributed by atoms with Crippen LogP contribution in [0.15, 0.2) is 84.9 Å². The zero-order chi connectivity index (χ0) is 21.5. The van der Waals surface area contributed by atoms with Gasteiger partial charge in [-0.2, -0.15) is 0 Å². The van der Waals surface area contributed by atoms with Crippen molar-refractivity contribution in [1.82, 2.24) is 4.90 Å². The number of hydrogen-bond acceptors (Lipinski definition) is 4. The molecule has 0 spiro atoms. The molecule has 2 atom stereocenters. The van der Waals surface area contributed by atoms with Crippen LogP contribution in [0.5, 0.6) is 5.75 Å². The Morgan fingerprint density at radius 1 is 0.767 bits per heavy atom. The number of rotatable bonds is 8. The number of benzene rings is 3. The summed E-state index contributed by atoms with van der Waals surface area (Å²) >= 11 is 0. The first-order valence-electron chi connectivity index (χ1n) is 10.1. The highest BCUT2D eigenvalue weighted by Crippen LogP contribution is 2.32. The van der Waals surface area contributed by atoms with E-state index in [1.165, 1.54) is 0 Å². The van der Waals surface area contributed by atoms with Crippen molar-refractivity contribution < 1.29 is 14.3 Å². The summed E-state index contributed by atoms with van der Waals surface area (Å²) in [5, 5.41) is 0. The maximum Gasteiger partial charge on any atom is 0.318 e. The van der Waals surface area contributed by atoms with Crippen LogP contribution in [0.1, 0.15) is 35.6 Å². The van der Waals surface area contributed by atoms with Crippen molar-refractivity contribution >= 4 is 5.97 Å². The van der Waals surface area contributed by atoms with Gasteiger partial charge in [-0.1, -0.05) is 72.8 Å². The molecule has 0 bridgehead atoms. The lowest BCUT2D eigenvalue weighted by Crippen LogP contribution is -2.35. The Morgan fingerprint density at radius 3 is 1.70 bits per heavy atom. The molecule has 0 fully saturated rings. The first-order valence-corrected chi connectivity index (χ1v) is 10.1. The molecule has 0 saturated heterocycles. The predicted molar refractivity (Wildman–Crippen MR) is 120 cm³/mol. The van der Waals surface area contributed by atoms with Crippen molar-refractivity contribution in [3.8, 4) is 5.75 Å². The smallest absolute Gasteiger partial charge is 0.318 e. The summed E-state index contributed by atoms with van der Waals surface area (Å²) in [7, 11) is 5.61. The summed E-state index contributed by atoms with van der Waals surface area (Å²) < 4.78 is 11.5. The lowest BCUT2D eigenvalue weighted by Gasteiger charge is -2.31. The number of likely N-dealkylation sites (N-methyl/N-ethyl adjacent to an activating group) is 1. The molecular weight excluding hydrogens is 374 g/mol. The second kappa shape index (κ2) is 10.1. The average molecular weight is 404 g/mol. The van der Waals surface area contributed by atoms with E-state index in [2.05, 4.69) is 11.8 Å². The van der Waals surface area contributed by atoms with Crippen molar-refractivity contribution in [1.29, 1.82) is 0 Å². The van der Waals surface area contributed by atoms with Crippen LogP contribution in [-0.2, 0) is 9.53 Å². The third-order valence-corrected chi connectivity index (χ3v) is 5.44. The van der Waals surface area contributed by atoms with E-state index in [-0.39, 0.29) is 12.0 Å². The van der Waals surface area contributed by atoms with E-state index in [0.29, 0.717) is 0 Å². The zero-order valence-corrected chi connectivity index (χ0v) is 18.0. The van der Waals surface area contributed by atoms with Crippen molar-refractivity contribution in [2.24, 2.45) is 0 Å². The number of methoxy groups -OCH3 is 1. The molecule has 4 heteroatoms. The maximum absolute atomic E-state index is 13.5. The fourth-order valence-electron chi connectivity index (χ4n) is 3.46. The van der Waals surface area contributed by atoms with Crippen molar-refractivity contribution in [3.63, 3.8) is 0 Å². The molecule has 3 aromatic carbocycles. The molecule has 0 aliphatic heterocycles. The number of carbonyl (C=O) groups excluding carboxylic acids is 1.